The van der Waals surface area contributed by atoms with Crippen LogP contribution in [0.1, 0.15) is 64.5 Å². The molecule has 0 fully saturated rings. The Morgan fingerprint density at radius 3 is 2.55 bits per heavy atom. The maximum absolute atomic E-state index is 11.6. The molecule has 1 heterocycles. The van der Waals surface area contributed by atoms with Crippen LogP contribution in [0.5, 0.6) is 0 Å². The van der Waals surface area contributed by atoms with Gasteiger partial charge in [-0.2, -0.15) is 0 Å². The topological polar surface area (TPSA) is 29.5 Å². The Labute approximate surface area is 207 Å². The smallest absolute Gasteiger partial charge is 0.191 e. The summed E-state index contributed by atoms with van der Waals surface area (Å²) in [5.74, 6) is -0.116. The van der Waals surface area contributed by atoms with Crippen LogP contribution in [0, 0.1) is 6.92 Å². The van der Waals surface area contributed by atoms with Crippen LogP contribution >= 0.6 is 11.8 Å². The van der Waals surface area contributed by atoms with E-state index in [9.17, 15) is 4.79 Å². The molecule has 1 unspecified atom stereocenters. The van der Waals surface area contributed by atoms with Gasteiger partial charge in [-0.1, -0.05) is 94.3 Å². The number of benzene rings is 1. The zero-order chi connectivity index (χ0) is 23.6. The zero-order valence-electron chi connectivity index (χ0n) is 20.2. The zero-order valence-corrected chi connectivity index (χ0v) is 21.0. The first kappa shape index (κ1) is 31.1. The van der Waals surface area contributed by atoms with Crippen molar-refractivity contribution in [2.24, 2.45) is 0 Å². The first-order chi connectivity index (χ1) is 15.6. The lowest BCUT2D eigenvalue weighted by molar-refractivity contribution is -0.110. The summed E-state index contributed by atoms with van der Waals surface area (Å²) in [7, 11) is 0. The van der Waals surface area contributed by atoms with Crippen LogP contribution in [0.4, 0.5) is 0 Å². The van der Waals surface area contributed by atoms with Crippen molar-refractivity contribution in [2.75, 3.05) is 19.8 Å². The minimum absolute atomic E-state index is 0. The van der Waals surface area contributed by atoms with E-state index in [-0.39, 0.29) is 13.2 Å². The highest BCUT2D eigenvalue weighted by Crippen LogP contribution is 2.20. The van der Waals surface area contributed by atoms with Gasteiger partial charge in [-0.3, -0.25) is 9.69 Å². The van der Waals surface area contributed by atoms with Gasteiger partial charge in [0.2, 0.25) is 0 Å². The normalized spacial score (nSPS) is 17.8. The molecule has 0 aromatic heterocycles. The van der Waals surface area contributed by atoms with Crippen LogP contribution in [0.3, 0.4) is 0 Å². The van der Waals surface area contributed by atoms with E-state index in [4.69, 9.17) is 4.74 Å². The highest BCUT2D eigenvalue weighted by molar-refractivity contribution is 8.06. The van der Waals surface area contributed by atoms with Crippen molar-refractivity contribution in [3.8, 4) is 0 Å². The van der Waals surface area contributed by atoms with Crippen molar-refractivity contribution in [3.05, 3.63) is 83.2 Å². The van der Waals surface area contributed by atoms with E-state index in [1.807, 2.05) is 19.3 Å². The van der Waals surface area contributed by atoms with Crippen LogP contribution in [0.15, 0.2) is 72.0 Å². The maximum atomic E-state index is 11.6. The van der Waals surface area contributed by atoms with Crippen molar-refractivity contribution >= 4 is 17.5 Å². The fourth-order valence-corrected chi connectivity index (χ4v) is 3.99. The number of hydrogen-bond donors (Lipinski definition) is 0. The maximum Gasteiger partial charge on any atom is 0.191 e. The molecule has 4 heteroatoms. The van der Waals surface area contributed by atoms with E-state index in [0.29, 0.717) is 10.9 Å². The molecule has 1 aromatic rings. The molecule has 184 valence electrons. The first-order valence-electron chi connectivity index (χ1n) is 11.8. The van der Waals surface area contributed by atoms with Crippen molar-refractivity contribution in [1.82, 2.24) is 4.90 Å². The number of ether oxygens (including phenoxy) is 1. The summed E-state index contributed by atoms with van der Waals surface area (Å²) >= 11 is 1.37. The minimum atomic E-state index is -0.116. The fourth-order valence-electron chi connectivity index (χ4n) is 3.44. The van der Waals surface area contributed by atoms with Gasteiger partial charge in [-0.05, 0) is 56.1 Å². The molecule has 0 bridgehead atoms. The summed E-state index contributed by atoms with van der Waals surface area (Å²) in [6.45, 7) is 16.8. The second-order valence-electron chi connectivity index (χ2n) is 7.64. The largest absolute Gasteiger partial charge is 0.381 e. The van der Waals surface area contributed by atoms with E-state index >= 15 is 0 Å². The number of rotatable bonds is 9. The molecular weight excluding hydrogens is 426 g/mol. The van der Waals surface area contributed by atoms with Crippen molar-refractivity contribution in [3.63, 3.8) is 0 Å². The number of carbonyl (C=O) groups is 1. The number of nitrogens with zero attached hydrogens (tertiary/aromatic N) is 1. The number of allylic oxidation sites excluding steroid dienone is 3. The molecule has 0 saturated heterocycles. The molecule has 1 aliphatic heterocycles. The van der Waals surface area contributed by atoms with E-state index in [1.165, 1.54) is 35.4 Å². The van der Waals surface area contributed by atoms with Gasteiger partial charge in [0.25, 0.3) is 0 Å². The summed E-state index contributed by atoms with van der Waals surface area (Å²) in [4.78, 5) is 14.6. The molecule has 3 nitrogen and oxygen atoms in total. The molecule has 2 rings (SSSR count). The van der Waals surface area contributed by atoms with Crippen LogP contribution in [-0.2, 0) is 16.1 Å². The number of ketones is 1. The molecule has 1 aromatic carbocycles. The van der Waals surface area contributed by atoms with E-state index in [1.54, 1.807) is 0 Å². The van der Waals surface area contributed by atoms with Gasteiger partial charge in [-0.15, -0.1) is 0 Å². The molecule has 1 aliphatic rings. The van der Waals surface area contributed by atoms with E-state index < -0.39 is 0 Å². The molecule has 33 heavy (non-hydrogen) atoms. The monoisotopic (exact) mass is 471 g/mol. The second-order valence-corrected chi connectivity index (χ2v) is 8.64. The standard InChI is InChI=1S/C26H35NO2S.C2H6.CH4/c1-4-26(28)23(3)30-20-10-17-27(21-24-14-12-22(2)13-15-24)25-11-8-6-5-7-9-18-29-19-16-25;1-2;/h4-5,7,10,12-15,20,25H,1,3,6,8-9,11,16-19,21H2,2H3;1-2H3;1H4/b7-5-,20-10-;;. The Balaban J connectivity index is 0.00000332. The third-order valence-corrected chi connectivity index (χ3v) is 6.04. The van der Waals surface area contributed by atoms with Crippen LogP contribution in [-0.4, -0.2) is 36.5 Å². The fraction of sp³-hybridized carbons (Fsp3) is 0.483. The first-order valence-corrected chi connectivity index (χ1v) is 12.7. The van der Waals surface area contributed by atoms with Crippen LogP contribution in [0.2, 0.25) is 0 Å². The Bertz CT molecular complexity index is 736. The third kappa shape index (κ3) is 13.4. The summed E-state index contributed by atoms with van der Waals surface area (Å²) in [5, 5.41) is 1.97. The lowest BCUT2D eigenvalue weighted by atomic mass is 10.0. The lowest BCUT2D eigenvalue weighted by Gasteiger charge is -2.31. The molecule has 0 saturated carbocycles. The minimum Gasteiger partial charge on any atom is -0.381 e. The highest BCUT2D eigenvalue weighted by Gasteiger charge is 2.18. The lowest BCUT2D eigenvalue weighted by Crippen LogP contribution is -2.36. The third-order valence-electron chi connectivity index (χ3n) is 5.23. The average Bonchev–Trinajstić information content (AvgIpc) is 2.88. The molecule has 0 aliphatic carbocycles. The molecule has 0 radical (unpaired) electrons. The number of hydrogen-bond acceptors (Lipinski definition) is 4. The van der Waals surface area contributed by atoms with Gasteiger partial charge < -0.3 is 4.74 Å². The van der Waals surface area contributed by atoms with E-state index in [2.05, 4.69) is 67.5 Å². The Hall–Kier alpha value is -1.88. The van der Waals surface area contributed by atoms with Gasteiger partial charge in [0.1, 0.15) is 0 Å². The van der Waals surface area contributed by atoms with Gasteiger partial charge >= 0.3 is 0 Å². The second kappa shape index (κ2) is 19.6. The number of carbonyl (C=O) groups excluding carboxylic acids is 1. The predicted molar refractivity (Wildman–Crippen MR) is 148 cm³/mol. The van der Waals surface area contributed by atoms with Crippen molar-refractivity contribution < 1.29 is 9.53 Å². The Morgan fingerprint density at radius 2 is 1.85 bits per heavy atom. The Morgan fingerprint density at radius 1 is 1.15 bits per heavy atom. The molecule has 0 spiro atoms. The number of aryl methyl sites for hydroxylation is 1. The van der Waals surface area contributed by atoms with Gasteiger partial charge in [0, 0.05) is 25.7 Å². The summed E-state index contributed by atoms with van der Waals surface area (Å²) in [5.41, 5.74) is 2.60. The summed E-state index contributed by atoms with van der Waals surface area (Å²) < 4.78 is 5.85. The molecule has 0 N–H and O–H groups in total. The van der Waals surface area contributed by atoms with Crippen LogP contribution < -0.4 is 0 Å². The molecule has 0 amide bonds. The van der Waals surface area contributed by atoms with Gasteiger partial charge in [0.15, 0.2) is 5.78 Å². The van der Waals surface area contributed by atoms with Crippen molar-refractivity contribution in [2.45, 2.75) is 72.9 Å². The number of thioether (sulfide) groups is 1. The average molecular weight is 472 g/mol. The van der Waals surface area contributed by atoms with Gasteiger partial charge in [-0.25, -0.2) is 0 Å². The van der Waals surface area contributed by atoms with Gasteiger partial charge in [0.05, 0.1) is 11.5 Å². The van der Waals surface area contributed by atoms with Crippen LogP contribution in [0.25, 0.3) is 0 Å². The molecule has 1 atom stereocenters. The Kier molecular flexibility index (Phi) is 18.5. The highest BCUT2D eigenvalue weighted by atomic mass is 32.2. The molecular formula is C29H45NO2S. The van der Waals surface area contributed by atoms with E-state index in [0.717, 1.165) is 52.0 Å². The van der Waals surface area contributed by atoms with Crippen molar-refractivity contribution in [1.29, 1.82) is 0 Å². The SMILES string of the molecule is C.C=CC(=O)C(=C)S/C=C\CN(Cc1ccc(C)cc1)C1CCC/C=C\CCOCC1.CC. The predicted octanol–water partition coefficient (Wildman–Crippen LogP) is 7.88. The summed E-state index contributed by atoms with van der Waals surface area (Å²) in [6, 6.07) is 9.25. The summed E-state index contributed by atoms with van der Waals surface area (Å²) in [6.07, 6.45) is 13.5. The quantitative estimate of drug-likeness (QED) is 0.270.